The van der Waals surface area contributed by atoms with Crippen molar-refractivity contribution in [2.24, 2.45) is 5.41 Å². The lowest BCUT2D eigenvalue weighted by Crippen LogP contribution is -2.39. The lowest BCUT2D eigenvalue weighted by atomic mass is 9.75. The molecule has 2 nitrogen and oxygen atoms in total. The van der Waals surface area contributed by atoms with Gasteiger partial charge < -0.3 is 9.64 Å². The van der Waals surface area contributed by atoms with Crippen molar-refractivity contribution in [3.05, 3.63) is 0 Å². The molecule has 94 valence electrons. The molecule has 16 heavy (non-hydrogen) atoms. The number of halogens is 1. The maximum atomic E-state index is 5.44. The number of ether oxygens (including phenoxy) is 1. The largest absolute Gasteiger partial charge is 0.380 e. The summed E-state index contributed by atoms with van der Waals surface area (Å²) in [6, 6.07) is 0. The minimum atomic E-state index is 0.482. The van der Waals surface area contributed by atoms with E-state index in [1.165, 1.54) is 56.9 Å². The van der Waals surface area contributed by atoms with Crippen molar-refractivity contribution in [2.75, 3.05) is 32.1 Å². The zero-order valence-electron chi connectivity index (χ0n) is 10.4. The summed E-state index contributed by atoms with van der Waals surface area (Å²) < 4.78 is 5.44. The van der Waals surface area contributed by atoms with Crippen LogP contribution in [0.5, 0.6) is 0 Å². The van der Waals surface area contributed by atoms with E-state index in [2.05, 4.69) is 20.8 Å². The second-order valence-corrected chi connectivity index (χ2v) is 6.14. The molecular weight excluding hydrogens is 266 g/mol. The highest BCUT2D eigenvalue weighted by molar-refractivity contribution is 9.09. The van der Waals surface area contributed by atoms with Crippen LogP contribution in [0.4, 0.5) is 0 Å². The Morgan fingerprint density at radius 1 is 1.31 bits per heavy atom. The summed E-state index contributed by atoms with van der Waals surface area (Å²) in [4.78, 5) is 2.61. The molecule has 1 unspecified atom stereocenters. The van der Waals surface area contributed by atoms with Crippen LogP contribution in [0.15, 0.2) is 0 Å². The van der Waals surface area contributed by atoms with Gasteiger partial charge in [0.1, 0.15) is 0 Å². The smallest absolute Gasteiger partial charge is 0.0710 e. The molecule has 2 fully saturated rings. The molecule has 0 spiro atoms. The monoisotopic (exact) mass is 289 g/mol. The van der Waals surface area contributed by atoms with Crippen LogP contribution in [0.25, 0.3) is 0 Å². The third kappa shape index (κ3) is 2.99. The van der Waals surface area contributed by atoms with Gasteiger partial charge in [0.2, 0.25) is 0 Å². The molecule has 0 N–H and O–H groups in total. The molecule has 1 saturated heterocycles. The Bertz CT molecular complexity index is 216. The van der Waals surface area contributed by atoms with E-state index in [4.69, 9.17) is 4.74 Å². The Morgan fingerprint density at radius 2 is 2.06 bits per heavy atom. The van der Waals surface area contributed by atoms with Crippen LogP contribution in [-0.2, 0) is 4.74 Å². The SMILES string of the molecule is COC1CCN(CC2(CBr)CCCCC2)C1. The van der Waals surface area contributed by atoms with E-state index in [9.17, 15) is 0 Å². The van der Waals surface area contributed by atoms with E-state index in [-0.39, 0.29) is 0 Å². The van der Waals surface area contributed by atoms with Gasteiger partial charge in [0, 0.05) is 32.1 Å². The third-order valence-electron chi connectivity index (χ3n) is 4.32. The molecular formula is C13H24BrNO. The highest BCUT2D eigenvalue weighted by Gasteiger charge is 2.35. The fraction of sp³-hybridized carbons (Fsp3) is 1.00. The lowest BCUT2D eigenvalue weighted by Gasteiger charge is -2.39. The van der Waals surface area contributed by atoms with Gasteiger partial charge in [-0.15, -0.1) is 0 Å². The van der Waals surface area contributed by atoms with E-state index < -0.39 is 0 Å². The first-order chi connectivity index (χ1) is 7.78. The third-order valence-corrected chi connectivity index (χ3v) is 5.51. The number of nitrogens with zero attached hydrogens (tertiary/aromatic N) is 1. The maximum absolute atomic E-state index is 5.44. The number of rotatable bonds is 4. The summed E-state index contributed by atoms with van der Waals surface area (Å²) in [5, 5.41) is 1.17. The normalized spacial score (nSPS) is 30.8. The summed E-state index contributed by atoms with van der Waals surface area (Å²) in [7, 11) is 1.84. The first kappa shape index (κ1) is 12.8. The Labute approximate surface area is 108 Å². The van der Waals surface area contributed by atoms with Gasteiger partial charge >= 0.3 is 0 Å². The number of alkyl halides is 1. The van der Waals surface area contributed by atoms with Gasteiger partial charge in [0.25, 0.3) is 0 Å². The average molecular weight is 290 g/mol. The topological polar surface area (TPSA) is 12.5 Å². The fourth-order valence-corrected chi connectivity index (χ4v) is 3.98. The van der Waals surface area contributed by atoms with Crippen LogP contribution < -0.4 is 0 Å². The molecule has 0 aromatic heterocycles. The van der Waals surface area contributed by atoms with E-state index in [1.54, 1.807) is 0 Å². The van der Waals surface area contributed by atoms with Gasteiger partial charge in [0.15, 0.2) is 0 Å². The van der Waals surface area contributed by atoms with Gasteiger partial charge in [-0.1, -0.05) is 35.2 Å². The highest BCUT2D eigenvalue weighted by atomic mass is 79.9. The van der Waals surface area contributed by atoms with Gasteiger partial charge in [-0.3, -0.25) is 0 Å². The van der Waals surface area contributed by atoms with Crippen molar-refractivity contribution < 1.29 is 4.74 Å². The molecule has 1 aliphatic carbocycles. The molecule has 2 aliphatic rings. The Balaban J connectivity index is 1.86. The number of methoxy groups -OCH3 is 1. The molecule has 1 heterocycles. The van der Waals surface area contributed by atoms with Crippen LogP contribution in [-0.4, -0.2) is 43.1 Å². The second kappa shape index (κ2) is 5.83. The molecule has 1 atom stereocenters. The summed E-state index contributed by atoms with van der Waals surface area (Å²) >= 11 is 3.75. The van der Waals surface area contributed by atoms with Crippen LogP contribution in [0.2, 0.25) is 0 Å². The van der Waals surface area contributed by atoms with Gasteiger partial charge in [-0.25, -0.2) is 0 Å². The summed E-state index contributed by atoms with van der Waals surface area (Å²) in [5.74, 6) is 0. The lowest BCUT2D eigenvalue weighted by molar-refractivity contribution is 0.0924. The molecule has 3 heteroatoms. The zero-order chi connectivity index (χ0) is 11.4. The summed E-state index contributed by atoms with van der Waals surface area (Å²) in [5.41, 5.74) is 0.556. The first-order valence-corrected chi connectivity index (χ1v) is 7.71. The van der Waals surface area contributed by atoms with Gasteiger partial charge in [0.05, 0.1) is 6.10 Å². The number of hydrogen-bond donors (Lipinski definition) is 0. The van der Waals surface area contributed by atoms with E-state index in [0.717, 1.165) is 6.54 Å². The maximum Gasteiger partial charge on any atom is 0.0710 e. The standard InChI is InChI=1S/C13H24BrNO/c1-16-12-5-8-15(9-12)11-13(10-14)6-3-2-4-7-13/h12H,2-11H2,1H3. The first-order valence-electron chi connectivity index (χ1n) is 6.59. The van der Waals surface area contributed by atoms with E-state index in [0.29, 0.717) is 11.5 Å². The van der Waals surface area contributed by atoms with Crippen molar-refractivity contribution in [1.29, 1.82) is 0 Å². The summed E-state index contributed by atoms with van der Waals surface area (Å²) in [6.45, 7) is 3.65. The van der Waals surface area contributed by atoms with Crippen LogP contribution in [0.3, 0.4) is 0 Å². The Kier molecular flexibility index (Phi) is 4.68. The zero-order valence-corrected chi connectivity index (χ0v) is 12.0. The van der Waals surface area contributed by atoms with Crippen LogP contribution in [0, 0.1) is 5.41 Å². The van der Waals surface area contributed by atoms with Crippen molar-refractivity contribution in [1.82, 2.24) is 4.90 Å². The molecule has 0 bridgehead atoms. The second-order valence-electron chi connectivity index (χ2n) is 5.58. The number of hydrogen-bond acceptors (Lipinski definition) is 2. The van der Waals surface area contributed by atoms with Crippen LogP contribution >= 0.6 is 15.9 Å². The quantitative estimate of drug-likeness (QED) is 0.738. The summed E-state index contributed by atoms with van der Waals surface area (Å²) in [6.07, 6.45) is 8.81. The van der Waals surface area contributed by atoms with Gasteiger partial charge in [-0.05, 0) is 24.7 Å². The molecule has 0 radical (unpaired) electrons. The Hall–Kier alpha value is 0.400. The predicted octanol–water partition coefficient (Wildman–Crippen LogP) is 3.05. The molecule has 1 saturated carbocycles. The predicted molar refractivity (Wildman–Crippen MR) is 71.2 cm³/mol. The van der Waals surface area contributed by atoms with Crippen molar-refractivity contribution in [2.45, 2.75) is 44.6 Å². The minimum Gasteiger partial charge on any atom is -0.380 e. The van der Waals surface area contributed by atoms with Gasteiger partial charge in [-0.2, -0.15) is 0 Å². The average Bonchev–Trinajstić information content (AvgIpc) is 2.78. The molecule has 0 aromatic rings. The Morgan fingerprint density at radius 3 is 2.62 bits per heavy atom. The molecule has 0 aromatic carbocycles. The molecule has 0 amide bonds. The minimum absolute atomic E-state index is 0.482. The van der Waals surface area contributed by atoms with Crippen LogP contribution in [0.1, 0.15) is 38.5 Å². The fourth-order valence-electron chi connectivity index (χ4n) is 3.24. The highest BCUT2D eigenvalue weighted by Crippen LogP contribution is 2.39. The van der Waals surface area contributed by atoms with Crippen molar-refractivity contribution in [3.63, 3.8) is 0 Å². The van der Waals surface area contributed by atoms with E-state index >= 15 is 0 Å². The van der Waals surface area contributed by atoms with E-state index in [1.807, 2.05) is 7.11 Å². The molecule has 1 aliphatic heterocycles. The van der Waals surface area contributed by atoms with Crippen molar-refractivity contribution >= 4 is 15.9 Å². The van der Waals surface area contributed by atoms with Crippen molar-refractivity contribution in [3.8, 4) is 0 Å². The molecule has 2 rings (SSSR count). The number of likely N-dealkylation sites (tertiary alicyclic amines) is 1.